The van der Waals surface area contributed by atoms with Gasteiger partial charge in [0.1, 0.15) is 5.69 Å². The standard InChI is InChI=1S/C18H11N3S/c1-13-21-18(12-22-13)6-5-15-8-17(11-20-10-15)16-4-2-3-14(7-16)9-19/h2-4,7-8,10-12H,1H3. The highest BCUT2D eigenvalue weighted by Crippen LogP contribution is 2.20. The molecule has 0 aliphatic heterocycles. The third kappa shape index (κ3) is 3.20. The highest BCUT2D eigenvalue weighted by atomic mass is 32.1. The highest BCUT2D eigenvalue weighted by molar-refractivity contribution is 7.09. The molecule has 0 aliphatic carbocycles. The fourth-order valence-corrected chi connectivity index (χ4v) is 2.54. The van der Waals surface area contributed by atoms with Crippen LogP contribution < -0.4 is 0 Å². The second-order valence-corrected chi connectivity index (χ2v) is 5.72. The van der Waals surface area contributed by atoms with Gasteiger partial charge in [0.05, 0.1) is 16.6 Å². The third-order valence-corrected chi connectivity index (χ3v) is 3.79. The minimum atomic E-state index is 0.631. The molecule has 4 heteroatoms. The summed E-state index contributed by atoms with van der Waals surface area (Å²) in [5, 5.41) is 11.9. The maximum atomic E-state index is 8.98. The molecule has 0 aliphatic rings. The predicted molar refractivity (Wildman–Crippen MR) is 87.2 cm³/mol. The van der Waals surface area contributed by atoms with E-state index in [-0.39, 0.29) is 0 Å². The summed E-state index contributed by atoms with van der Waals surface area (Å²) in [6, 6.07) is 11.6. The van der Waals surface area contributed by atoms with Crippen LogP contribution in [0.2, 0.25) is 0 Å². The summed E-state index contributed by atoms with van der Waals surface area (Å²) in [6.45, 7) is 1.96. The summed E-state index contributed by atoms with van der Waals surface area (Å²) < 4.78 is 0. The van der Waals surface area contributed by atoms with Crippen molar-refractivity contribution in [3.63, 3.8) is 0 Å². The number of nitrogens with zero attached hydrogens (tertiary/aromatic N) is 3. The Balaban J connectivity index is 1.93. The molecular weight excluding hydrogens is 290 g/mol. The molecule has 0 amide bonds. The molecule has 0 saturated heterocycles. The van der Waals surface area contributed by atoms with E-state index in [2.05, 4.69) is 27.9 Å². The van der Waals surface area contributed by atoms with Crippen molar-refractivity contribution in [1.29, 1.82) is 5.26 Å². The van der Waals surface area contributed by atoms with Crippen LogP contribution in [0.3, 0.4) is 0 Å². The minimum Gasteiger partial charge on any atom is -0.263 e. The van der Waals surface area contributed by atoms with Gasteiger partial charge in [-0.25, -0.2) is 4.98 Å². The second-order valence-electron chi connectivity index (χ2n) is 4.66. The van der Waals surface area contributed by atoms with E-state index >= 15 is 0 Å². The smallest absolute Gasteiger partial charge is 0.124 e. The molecular formula is C18H11N3S. The lowest BCUT2D eigenvalue weighted by Gasteiger charge is -2.01. The summed E-state index contributed by atoms with van der Waals surface area (Å²) in [7, 11) is 0. The molecule has 0 fully saturated rings. The average molecular weight is 301 g/mol. The number of thiazole rings is 1. The first-order valence-electron chi connectivity index (χ1n) is 6.64. The van der Waals surface area contributed by atoms with Crippen molar-refractivity contribution in [2.45, 2.75) is 6.92 Å². The molecule has 0 spiro atoms. The Morgan fingerprint density at radius 3 is 2.68 bits per heavy atom. The molecule has 22 heavy (non-hydrogen) atoms. The van der Waals surface area contributed by atoms with E-state index in [1.807, 2.05) is 36.6 Å². The van der Waals surface area contributed by atoms with E-state index in [0.717, 1.165) is 27.4 Å². The van der Waals surface area contributed by atoms with Gasteiger partial charge in [-0.3, -0.25) is 4.98 Å². The van der Waals surface area contributed by atoms with Crippen LogP contribution in [0.1, 0.15) is 21.8 Å². The van der Waals surface area contributed by atoms with Gasteiger partial charge in [0.2, 0.25) is 0 Å². The number of aryl methyl sites for hydroxylation is 1. The first-order valence-corrected chi connectivity index (χ1v) is 7.52. The molecule has 3 nitrogen and oxygen atoms in total. The zero-order valence-electron chi connectivity index (χ0n) is 11.9. The first-order chi connectivity index (χ1) is 10.7. The number of aromatic nitrogens is 2. The zero-order valence-corrected chi connectivity index (χ0v) is 12.7. The van der Waals surface area contributed by atoms with Crippen LogP contribution in [-0.4, -0.2) is 9.97 Å². The number of hydrogen-bond donors (Lipinski definition) is 0. The maximum absolute atomic E-state index is 8.98. The van der Waals surface area contributed by atoms with Crippen LogP contribution in [0.25, 0.3) is 11.1 Å². The summed E-state index contributed by atoms with van der Waals surface area (Å²) in [4.78, 5) is 8.55. The van der Waals surface area contributed by atoms with E-state index in [4.69, 9.17) is 5.26 Å². The number of nitriles is 1. The molecule has 2 aromatic heterocycles. The van der Waals surface area contributed by atoms with Gasteiger partial charge in [-0.2, -0.15) is 5.26 Å². The van der Waals surface area contributed by atoms with Crippen LogP contribution in [0.15, 0.2) is 48.1 Å². The first kappa shape index (κ1) is 14.0. The van der Waals surface area contributed by atoms with E-state index in [1.54, 1.807) is 29.8 Å². The van der Waals surface area contributed by atoms with Crippen molar-refractivity contribution in [2.75, 3.05) is 0 Å². The van der Waals surface area contributed by atoms with Gasteiger partial charge in [-0.15, -0.1) is 11.3 Å². The van der Waals surface area contributed by atoms with Gasteiger partial charge in [-0.05, 0) is 36.6 Å². The summed E-state index contributed by atoms with van der Waals surface area (Å²) in [6.07, 6.45) is 3.50. The average Bonchev–Trinajstić information content (AvgIpc) is 2.99. The molecule has 2 heterocycles. The van der Waals surface area contributed by atoms with E-state index in [9.17, 15) is 0 Å². The van der Waals surface area contributed by atoms with Crippen molar-refractivity contribution < 1.29 is 0 Å². The molecule has 0 saturated carbocycles. The fourth-order valence-electron chi connectivity index (χ4n) is 1.99. The van der Waals surface area contributed by atoms with Gasteiger partial charge in [0.15, 0.2) is 0 Å². The van der Waals surface area contributed by atoms with Crippen LogP contribution in [0.4, 0.5) is 0 Å². The monoisotopic (exact) mass is 301 g/mol. The maximum Gasteiger partial charge on any atom is 0.124 e. The number of hydrogen-bond acceptors (Lipinski definition) is 4. The van der Waals surface area contributed by atoms with E-state index in [0.29, 0.717) is 5.56 Å². The van der Waals surface area contributed by atoms with Gasteiger partial charge < -0.3 is 0 Å². The number of pyridine rings is 1. The van der Waals surface area contributed by atoms with Crippen LogP contribution in [0.5, 0.6) is 0 Å². The Labute approximate surface area is 132 Å². The lowest BCUT2D eigenvalue weighted by Crippen LogP contribution is -1.85. The van der Waals surface area contributed by atoms with Crippen LogP contribution in [0, 0.1) is 30.1 Å². The third-order valence-electron chi connectivity index (χ3n) is 3.02. The van der Waals surface area contributed by atoms with E-state index < -0.39 is 0 Å². The molecule has 0 unspecified atom stereocenters. The van der Waals surface area contributed by atoms with Crippen molar-refractivity contribution in [3.05, 3.63) is 69.9 Å². The fraction of sp³-hybridized carbons (Fsp3) is 0.0556. The van der Waals surface area contributed by atoms with Crippen LogP contribution >= 0.6 is 11.3 Å². The summed E-state index contributed by atoms with van der Waals surface area (Å²) in [5.41, 5.74) is 4.13. The molecule has 104 valence electrons. The highest BCUT2D eigenvalue weighted by Gasteiger charge is 2.01. The topological polar surface area (TPSA) is 49.6 Å². The SMILES string of the molecule is Cc1nc(C#Cc2cncc(-c3cccc(C#N)c3)c2)cs1. The Hall–Kier alpha value is -2.95. The van der Waals surface area contributed by atoms with Crippen molar-refractivity contribution >= 4 is 11.3 Å². The number of rotatable bonds is 1. The lowest BCUT2D eigenvalue weighted by molar-refractivity contribution is 1.27. The molecule has 0 N–H and O–H groups in total. The van der Waals surface area contributed by atoms with Crippen LogP contribution in [-0.2, 0) is 0 Å². The number of benzene rings is 1. The molecule has 1 aromatic carbocycles. The second kappa shape index (κ2) is 6.22. The molecule has 0 bridgehead atoms. The Morgan fingerprint density at radius 2 is 1.91 bits per heavy atom. The van der Waals surface area contributed by atoms with Gasteiger partial charge in [0.25, 0.3) is 0 Å². The summed E-state index contributed by atoms with van der Waals surface area (Å²) >= 11 is 1.58. The largest absolute Gasteiger partial charge is 0.263 e. The Kier molecular flexibility index (Phi) is 3.96. The quantitative estimate of drug-likeness (QED) is 0.643. The van der Waals surface area contributed by atoms with Crippen molar-refractivity contribution in [3.8, 4) is 29.0 Å². The molecule has 3 rings (SSSR count). The minimum absolute atomic E-state index is 0.631. The normalized spacial score (nSPS) is 9.64. The predicted octanol–water partition coefficient (Wildman–Crippen LogP) is 3.79. The van der Waals surface area contributed by atoms with Gasteiger partial charge in [0, 0.05) is 28.9 Å². The molecule has 0 radical (unpaired) electrons. The van der Waals surface area contributed by atoms with Gasteiger partial charge >= 0.3 is 0 Å². The zero-order chi connectivity index (χ0) is 15.4. The lowest BCUT2D eigenvalue weighted by atomic mass is 10.0. The van der Waals surface area contributed by atoms with Crippen molar-refractivity contribution in [2.24, 2.45) is 0 Å². The molecule has 0 atom stereocenters. The summed E-state index contributed by atoms with van der Waals surface area (Å²) in [5.74, 6) is 6.12. The van der Waals surface area contributed by atoms with Crippen molar-refractivity contribution in [1.82, 2.24) is 9.97 Å². The van der Waals surface area contributed by atoms with E-state index in [1.165, 1.54) is 0 Å². The molecule has 3 aromatic rings. The Morgan fingerprint density at radius 1 is 1.05 bits per heavy atom. The van der Waals surface area contributed by atoms with Gasteiger partial charge in [-0.1, -0.05) is 18.1 Å². The Bertz CT molecular complexity index is 923.